The molecule has 20 heavy (non-hydrogen) atoms. The lowest BCUT2D eigenvalue weighted by Gasteiger charge is -2.06. The highest BCUT2D eigenvalue weighted by Gasteiger charge is 2.10. The van der Waals surface area contributed by atoms with Crippen molar-refractivity contribution in [2.45, 2.75) is 46.0 Å². The molecule has 2 aromatic rings. The van der Waals surface area contributed by atoms with Crippen molar-refractivity contribution >= 4 is 24.0 Å². The van der Waals surface area contributed by atoms with Gasteiger partial charge in [0.15, 0.2) is 0 Å². The summed E-state index contributed by atoms with van der Waals surface area (Å²) in [5, 5.41) is 1.04. The molecule has 0 aliphatic rings. The Balaban J connectivity index is 2.04. The van der Waals surface area contributed by atoms with E-state index in [1.54, 1.807) is 11.3 Å². The van der Waals surface area contributed by atoms with Crippen LogP contribution in [-0.2, 0) is 18.8 Å². The fourth-order valence-corrected chi connectivity index (χ4v) is 3.27. The third-order valence-corrected chi connectivity index (χ3v) is 4.89. The second-order valence-electron chi connectivity index (χ2n) is 4.92. The van der Waals surface area contributed by atoms with Crippen LogP contribution >= 0.6 is 24.0 Å². The third-order valence-electron chi connectivity index (χ3n) is 3.29. The molecule has 0 aliphatic heterocycles. The van der Waals surface area contributed by atoms with Crippen molar-refractivity contribution in [1.29, 1.82) is 0 Å². The molecule has 0 saturated carbocycles. The quantitative estimate of drug-likeness (QED) is 0.780. The molecule has 0 amide bonds. The second-order valence-corrected chi connectivity index (χ2v) is 6.40. The average Bonchev–Trinajstić information content (AvgIpc) is 2.83. The van der Waals surface area contributed by atoms with Crippen LogP contribution < -0.4 is 4.74 Å². The van der Waals surface area contributed by atoms with Gasteiger partial charge in [-0.25, -0.2) is 4.98 Å². The standard InChI is InChI=1S/C16H21NOS2/c1-4-5-14-15(10-19)20-16(17-14)9-18-13-7-6-11(2)12(3)8-13/h6-8,19H,4-5,9-10H2,1-3H3. The lowest BCUT2D eigenvalue weighted by Crippen LogP contribution is -1.96. The molecule has 0 atom stereocenters. The zero-order valence-electron chi connectivity index (χ0n) is 12.3. The molecule has 0 bridgehead atoms. The molecule has 2 nitrogen and oxygen atoms in total. The predicted octanol–water partition coefficient (Wildman–Crippen LogP) is 4.72. The largest absolute Gasteiger partial charge is 0.486 e. The van der Waals surface area contributed by atoms with Crippen LogP contribution in [-0.4, -0.2) is 4.98 Å². The van der Waals surface area contributed by atoms with Crippen LogP contribution in [0.25, 0.3) is 0 Å². The van der Waals surface area contributed by atoms with Gasteiger partial charge in [-0.1, -0.05) is 19.4 Å². The van der Waals surface area contributed by atoms with Crippen molar-refractivity contribution in [3.05, 3.63) is 44.9 Å². The number of nitrogens with zero attached hydrogens (tertiary/aromatic N) is 1. The Morgan fingerprint density at radius 1 is 1.25 bits per heavy atom. The first-order chi connectivity index (χ1) is 9.63. The Kier molecular flexibility index (Phi) is 5.49. The smallest absolute Gasteiger partial charge is 0.140 e. The number of thiazole rings is 1. The van der Waals surface area contributed by atoms with Gasteiger partial charge in [-0.05, 0) is 43.5 Å². The number of hydrogen-bond acceptors (Lipinski definition) is 4. The van der Waals surface area contributed by atoms with Crippen LogP contribution in [0, 0.1) is 13.8 Å². The average molecular weight is 307 g/mol. The summed E-state index contributed by atoms with van der Waals surface area (Å²) in [5.74, 6) is 1.67. The maximum atomic E-state index is 5.84. The molecule has 0 unspecified atom stereocenters. The summed E-state index contributed by atoms with van der Waals surface area (Å²) in [6, 6.07) is 6.19. The molecule has 4 heteroatoms. The first-order valence-corrected chi connectivity index (χ1v) is 8.37. The summed E-state index contributed by atoms with van der Waals surface area (Å²) in [6.45, 7) is 6.92. The summed E-state index contributed by atoms with van der Waals surface area (Å²) in [4.78, 5) is 5.94. The van der Waals surface area contributed by atoms with Crippen LogP contribution in [0.2, 0.25) is 0 Å². The van der Waals surface area contributed by atoms with E-state index in [1.165, 1.54) is 21.7 Å². The van der Waals surface area contributed by atoms with Gasteiger partial charge >= 0.3 is 0 Å². The summed E-state index contributed by atoms with van der Waals surface area (Å²) >= 11 is 6.09. The zero-order chi connectivity index (χ0) is 14.5. The minimum absolute atomic E-state index is 0.539. The topological polar surface area (TPSA) is 22.1 Å². The molecule has 1 aromatic carbocycles. The summed E-state index contributed by atoms with van der Waals surface area (Å²) in [6.07, 6.45) is 2.14. The van der Waals surface area contributed by atoms with Crippen molar-refractivity contribution in [2.75, 3.05) is 0 Å². The van der Waals surface area contributed by atoms with E-state index in [9.17, 15) is 0 Å². The Hall–Kier alpha value is -1.00. The van der Waals surface area contributed by atoms with Gasteiger partial charge in [0.2, 0.25) is 0 Å². The van der Waals surface area contributed by atoms with E-state index in [0.717, 1.165) is 29.4 Å². The fourth-order valence-electron chi connectivity index (χ4n) is 2.00. The number of hydrogen-bond donors (Lipinski definition) is 1. The number of benzene rings is 1. The number of thiol groups is 1. The molecule has 0 saturated heterocycles. The Bertz CT molecular complexity index is 578. The first-order valence-electron chi connectivity index (χ1n) is 6.92. The first kappa shape index (κ1) is 15.4. The van der Waals surface area contributed by atoms with Gasteiger partial charge in [0.1, 0.15) is 17.4 Å². The normalized spacial score (nSPS) is 10.8. The Morgan fingerprint density at radius 3 is 2.70 bits per heavy atom. The highest BCUT2D eigenvalue weighted by atomic mass is 32.1. The van der Waals surface area contributed by atoms with Crippen molar-refractivity contribution < 1.29 is 4.74 Å². The van der Waals surface area contributed by atoms with E-state index in [0.29, 0.717) is 6.61 Å². The van der Waals surface area contributed by atoms with Gasteiger partial charge in [-0.15, -0.1) is 11.3 Å². The van der Waals surface area contributed by atoms with E-state index in [1.807, 2.05) is 6.07 Å². The monoisotopic (exact) mass is 307 g/mol. The van der Waals surface area contributed by atoms with Crippen molar-refractivity contribution in [3.8, 4) is 5.75 Å². The maximum Gasteiger partial charge on any atom is 0.140 e. The van der Waals surface area contributed by atoms with Crippen molar-refractivity contribution in [2.24, 2.45) is 0 Å². The summed E-state index contributed by atoms with van der Waals surface area (Å²) in [5.41, 5.74) is 3.73. The molecule has 108 valence electrons. The van der Waals surface area contributed by atoms with Crippen LogP contribution in [0.1, 0.15) is 40.1 Å². The Labute approximate surface area is 130 Å². The molecular formula is C16H21NOS2. The molecular weight excluding hydrogens is 286 g/mol. The molecule has 0 aliphatic carbocycles. The highest BCUT2D eigenvalue weighted by molar-refractivity contribution is 7.79. The van der Waals surface area contributed by atoms with Gasteiger partial charge in [-0.2, -0.15) is 12.6 Å². The van der Waals surface area contributed by atoms with Gasteiger partial charge in [0.25, 0.3) is 0 Å². The van der Waals surface area contributed by atoms with E-state index >= 15 is 0 Å². The number of aryl methyl sites for hydroxylation is 3. The predicted molar refractivity (Wildman–Crippen MR) is 89.0 cm³/mol. The molecule has 0 N–H and O–H groups in total. The highest BCUT2D eigenvalue weighted by Crippen LogP contribution is 2.24. The zero-order valence-corrected chi connectivity index (χ0v) is 14.0. The minimum Gasteiger partial charge on any atom is -0.486 e. The van der Waals surface area contributed by atoms with Crippen molar-refractivity contribution in [1.82, 2.24) is 4.98 Å². The van der Waals surface area contributed by atoms with Gasteiger partial charge in [0.05, 0.1) is 5.69 Å². The maximum absolute atomic E-state index is 5.84. The number of ether oxygens (including phenoxy) is 1. The summed E-state index contributed by atoms with van der Waals surface area (Å²) < 4.78 is 5.84. The molecule has 2 rings (SSSR count). The van der Waals surface area contributed by atoms with Crippen LogP contribution in [0.15, 0.2) is 18.2 Å². The third kappa shape index (κ3) is 3.76. The van der Waals surface area contributed by atoms with E-state index in [2.05, 4.69) is 50.5 Å². The number of aromatic nitrogens is 1. The Morgan fingerprint density at radius 2 is 2.05 bits per heavy atom. The molecule has 0 fully saturated rings. The van der Waals surface area contributed by atoms with Crippen LogP contribution in [0.5, 0.6) is 5.75 Å². The van der Waals surface area contributed by atoms with E-state index < -0.39 is 0 Å². The fraction of sp³-hybridized carbons (Fsp3) is 0.438. The second kappa shape index (κ2) is 7.14. The van der Waals surface area contributed by atoms with E-state index in [4.69, 9.17) is 4.74 Å². The molecule has 1 aromatic heterocycles. The van der Waals surface area contributed by atoms with Gasteiger partial charge in [0, 0.05) is 10.6 Å². The SMILES string of the molecule is CCCc1nc(COc2ccc(C)c(C)c2)sc1CS. The van der Waals surface area contributed by atoms with Crippen LogP contribution in [0.4, 0.5) is 0 Å². The van der Waals surface area contributed by atoms with Gasteiger partial charge < -0.3 is 4.74 Å². The molecule has 1 heterocycles. The van der Waals surface area contributed by atoms with E-state index in [-0.39, 0.29) is 0 Å². The molecule has 0 spiro atoms. The molecule has 0 radical (unpaired) electrons. The number of rotatable bonds is 6. The minimum atomic E-state index is 0.539. The summed E-state index contributed by atoms with van der Waals surface area (Å²) in [7, 11) is 0. The lowest BCUT2D eigenvalue weighted by atomic mass is 10.1. The van der Waals surface area contributed by atoms with Crippen LogP contribution in [0.3, 0.4) is 0 Å². The van der Waals surface area contributed by atoms with Gasteiger partial charge in [-0.3, -0.25) is 0 Å². The van der Waals surface area contributed by atoms with Crippen molar-refractivity contribution in [3.63, 3.8) is 0 Å². The lowest BCUT2D eigenvalue weighted by molar-refractivity contribution is 0.305.